The summed E-state index contributed by atoms with van der Waals surface area (Å²) in [7, 11) is 0. The molecule has 0 saturated heterocycles. The van der Waals surface area contributed by atoms with E-state index in [1.54, 1.807) is 0 Å². The first-order valence-corrected chi connectivity index (χ1v) is 1.55. The van der Waals surface area contributed by atoms with Crippen molar-refractivity contribution in [2.24, 2.45) is 0 Å². The molecule has 12 heavy (non-hydrogen) atoms. The van der Waals surface area contributed by atoms with Gasteiger partial charge in [-0.05, 0) is 0 Å². The van der Waals surface area contributed by atoms with Gasteiger partial charge in [0.05, 0.1) is 0 Å². The Morgan fingerprint density at radius 3 is 0.667 bits per heavy atom. The van der Waals surface area contributed by atoms with Crippen LogP contribution in [0.2, 0.25) is 0 Å². The highest BCUT2D eigenvalue weighted by atomic mass is 16.0. The van der Waals surface area contributed by atoms with E-state index in [4.69, 9.17) is 0 Å². The van der Waals surface area contributed by atoms with Crippen LogP contribution in [0.1, 0.15) is 0 Å². The zero-order valence-corrected chi connectivity index (χ0v) is 6.07. The lowest BCUT2D eigenvalue weighted by Gasteiger charge is -1.69. The van der Waals surface area contributed by atoms with Crippen LogP contribution in [0.3, 0.4) is 0 Å². The molecule has 0 aliphatic rings. The molecule has 9 heteroatoms. The van der Waals surface area contributed by atoms with Gasteiger partial charge in [-0.2, -0.15) is 0 Å². The number of aromatic nitrogens is 3. The highest BCUT2D eigenvalue weighted by molar-refractivity contribution is 4.51. The summed E-state index contributed by atoms with van der Waals surface area (Å²) >= 11 is 0. The van der Waals surface area contributed by atoms with Crippen molar-refractivity contribution >= 4 is 0 Å². The van der Waals surface area contributed by atoms with Crippen LogP contribution in [-0.2, 0) is 0 Å². The first-order chi connectivity index (χ1) is 3.00. The third-order valence-electron chi connectivity index (χ3n) is 0.400. The Bertz CT molecular complexity index is 90.0. The van der Waals surface area contributed by atoms with Crippen LogP contribution in [0, 0.1) is 0 Å². The molecule has 0 radical (unpaired) electrons. The van der Waals surface area contributed by atoms with E-state index in [1.807, 2.05) is 0 Å². The molecular formula is C3H15N3O6. The molecule has 0 atom stereocenters. The van der Waals surface area contributed by atoms with Gasteiger partial charge in [0.2, 0.25) is 0 Å². The molecule has 9 nitrogen and oxygen atoms in total. The maximum Gasteiger partial charge on any atom is 0.119 e. The van der Waals surface area contributed by atoms with Gasteiger partial charge >= 0.3 is 0 Å². The molecule has 0 unspecified atom stereocenters. The molecule has 0 aromatic carbocycles. The zero-order valence-electron chi connectivity index (χ0n) is 6.07. The Balaban J connectivity index is -0.0000000150. The molecule has 1 heterocycles. The second-order valence-corrected chi connectivity index (χ2v) is 0.794. The van der Waals surface area contributed by atoms with Crippen LogP contribution in [0.5, 0.6) is 0 Å². The van der Waals surface area contributed by atoms with E-state index in [2.05, 4.69) is 15.0 Å². The van der Waals surface area contributed by atoms with E-state index < -0.39 is 0 Å². The topological polar surface area (TPSA) is 228 Å². The third kappa shape index (κ3) is 23.3. The second kappa shape index (κ2) is 33.0. The fourth-order valence-corrected chi connectivity index (χ4v) is 0.205. The zero-order chi connectivity index (χ0) is 4.24. The largest absolute Gasteiger partial charge is 0.412 e. The van der Waals surface area contributed by atoms with Crippen molar-refractivity contribution in [1.29, 1.82) is 0 Å². The summed E-state index contributed by atoms with van der Waals surface area (Å²) in [5.41, 5.74) is 0. The van der Waals surface area contributed by atoms with E-state index >= 15 is 0 Å². The second-order valence-electron chi connectivity index (χ2n) is 0.794. The van der Waals surface area contributed by atoms with Crippen LogP contribution in [-0.4, -0.2) is 47.8 Å². The average Bonchev–Trinajstić information content (AvgIpc) is 1.72. The van der Waals surface area contributed by atoms with Gasteiger partial charge in [-0.25, -0.2) is 15.0 Å². The predicted octanol–water partition coefficient (Wildman–Crippen LogP) is -5.08. The monoisotopic (exact) mass is 189 g/mol. The molecular weight excluding hydrogens is 174 g/mol. The van der Waals surface area contributed by atoms with Gasteiger partial charge < -0.3 is 32.9 Å². The molecule has 78 valence electrons. The Hall–Kier alpha value is -1.23. The summed E-state index contributed by atoms with van der Waals surface area (Å²) < 4.78 is 0. The van der Waals surface area contributed by atoms with Crippen molar-refractivity contribution < 1.29 is 32.9 Å². The highest BCUT2D eigenvalue weighted by Gasteiger charge is 1.59. The van der Waals surface area contributed by atoms with E-state index in [1.165, 1.54) is 19.0 Å². The Labute approximate surface area is 68.0 Å². The molecule has 0 aliphatic carbocycles. The normalized spacial score (nSPS) is 4.00. The number of rotatable bonds is 0. The molecule has 0 spiro atoms. The lowest BCUT2D eigenvalue weighted by Crippen LogP contribution is -1.73. The molecule has 12 N–H and O–H groups in total. The molecule has 0 bridgehead atoms. The van der Waals surface area contributed by atoms with Crippen molar-refractivity contribution in [2.45, 2.75) is 0 Å². The molecule has 1 rings (SSSR count). The van der Waals surface area contributed by atoms with Gasteiger partial charge in [0.25, 0.3) is 0 Å². The van der Waals surface area contributed by atoms with Gasteiger partial charge in [-0.1, -0.05) is 0 Å². The average molecular weight is 189 g/mol. The van der Waals surface area contributed by atoms with E-state index in [0.29, 0.717) is 0 Å². The van der Waals surface area contributed by atoms with Gasteiger partial charge in [0.15, 0.2) is 0 Å². The van der Waals surface area contributed by atoms with E-state index in [-0.39, 0.29) is 32.9 Å². The van der Waals surface area contributed by atoms with Gasteiger partial charge in [0, 0.05) is 0 Å². The van der Waals surface area contributed by atoms with E-state index in [9.17, 15) is 0 Å². The molecule has 0 amide bonds. The molecule has 0 aliphatic heterocycles. The Kier molecular flexibility index (Phi) is 124. The number of hydrogen-bond acceptors (Lipinski definition) is 3. The van der Waals surface area contributed by atoms with Crippen LogP contribution >= 0.6 is 0 Å². The summed E-state index contributed by atoms with van der Waals surface area (Å²) in [6.07, 6.45) is 4.31. The van der Waals surface area contributed by atoms with Crippen LogP contribution in [0.4, 0.5) is 0 Å². The van der Waals surface area contributed by atoms with Crippen molar-refractivity contribution in [1.82, 2.24) is 15.0 Å². The molecule has 0 saturated carbocycles. The van der Waals surface area contributed by atoms with Crippen molar-refractivity contribution in [3.63, 3.8) is 0 Å². The predicted molar refractivity (Wildman–Crippen MR) is 41.5 cm³/mol. The molecule has 0 fully saturated rings. The number of hydrogen-bond donors (Lipinski definition) is 0. The van der Waals surface area contributed by atoms with Gasteiger partial charge in [-0.3, -0.25) is 0 Å². The summed E-state index contributed by atoms with van der Waals surface area (Å²) in [6, 6.07) is 0. The third-order valence-corrected chi connectivity index (χ3v) is 0.400. The maximum absolute atomic E-state index is 3.56. The fraction of sp³-hybridized carbons (Fsp3) is 0. The summed E-state index contributed by atoms with van der Waals surface area (Å²) in [5.74, 6) is 0. The highest BCUT2D eigenvalue weighted by Crippen LogP contribution is 1.57. The van der Waals surface area contributed by atoms with Crippen molar-refractivity contribution in [3.05, 3.63) is 19.0 Å². The Morgan fingerprint density at radius 2 is 0.583 bits per heavy atom. The first kappa shape index (κ1) is 45.2. The SMILES string of the molecule is O.O.O.O.O.O.c1ncncn1. The molecule has 1 aromatic heterocycles. The van der Waals surface area contributed by atoms with Crippen molar-refractivity contribution in [3.8, 4) is 0 Å². The maximum atomic E-state index is 3.56. The first-order valence-electron chi connectivity index (χ1n) is 1.55. The van der Waals surface area contributed by atoms with Gasteiger partial charge in [-0.15, -0.1) is 0 Å². The van der Waals surface area contributed by atoms with Gasteiger partial charge in [0.1, 0.15) is 19.0 Å². The lowest BCUT2D eigenvalue weighted by atomic mass is 11.1. The summed E-state index contributed by atoms with van der Waals surface area (Å²) in [6.45, 7) is 0. The van der Waals surface area contributed by atoms with E-state index in [0.717, 1.165) is 0 Å². The van der Waals surface area contributed by atoms with Crippen LogP contribution < -0.4 is 0 Å². The molecule has 1 aromatic rings. The van der Waals surface area contributed by atoms with Crippen molar-refractivity contribution in [2.75, 3.05) is 0 Å². The lowest BCUT2D eigenvalue weighted by molar-refractivity contribution is 0.823. The minimum absolute atomic E-state index is 0. The van der Waals surface area contributed by atoms with Crippen LogP contribution in [0.25, 0.3) is 0 Å². The smallest absolute Gasteiger partial charge is 0.119 e. The standard InChI is InChI=1S/C3H3N3.6H2O/c1-4-2-6-3-5-1;;;;;;/h1-3H;6*1H2. The van der Waals surface area contributed by atoms with Crippen LogP contribution in [0.15, 0.2) is 19.0 Å². The summed E-state index contributed by atoms with van der Waals surface area (Å²) in [5, 5.41) is 0. The quantitative estimate of drug-likeness (QED) is 0.390. The minimum atomic E-state index is 0. The minimum Gasteiger partial charge on any atom is -0.412 e. The number of nitrogens with zero attached hydrogens (tertiary/aromatic N) is 3. The fourth-order valence-electron chi connectivity index (χ4n) is 0.205. The summed E-state index contributed by atoms with van der Waals surface area (Å²) in [4.78, 5) is 10.7. The Morgan fingerprint density at radius 1 is 0.417 bits per heavy atom.